The largest absolute Gasteiger partial charge is 0.393 e. The maximum absolute atomic E-state index is 10.3. The fourth-order valence-corrected chi connectivity index (χ4v) is 12.7. The Hall–Kier alpha value is -2.06. The van der Waals surface area contributed by atoms with Gasteiger partial charge in [-0.2, -0.15) is 0 Å². The van der Waals surface area contributed by atoms with Crippen molar-refractivity contribution < 1.29 is 30.6 Å². The third-order valence-corrected chi connectivity index (χ3v) is 17.4. The lowest BCUT2D eigenvalue weighted by Crippen LogP contribution is -2.35. The summed E-state index contributed by atoms with van der Waals surface area (Å²) in [4.78, 5) is 0. The van der Waals surface area contributed by atoms with Crippen molar-refractivity contribution in [1.82, 2.24) is 0 Å². The first-order valence-electron chi connectivity index (χ1n) is 24.4. The monoisotopic (exact) mass is 845 g/mol. The van der Waals surface area contributed by atoms with Gasteiger partial charge in [-0.05, 0) is 176 Å². The first kappa shape index (κ1) is 49.9. The van der Waals surface area contributed by atoms with Crippen LogP contribution in [0.3, 0.4) is 0 Å². The van der Waals surface area contributed by atoms with E-state index in [1.807, 2.05) is 27.7 Å². The van der Waals surface area contributed by atoms with Crippen LogP contribution in [0.25, 0.3) is 0 Å². The zero-order valence-corrected chi connectivity index (χ0v) is 40.0. The maximum Gasteiger partial charge on any atom is 0.0809 e. The zero-order valence-electron chi connectivity index (χ0n) is 40.0. The molecule has 0 radical (unpaired) electrons. The molecule has 344 valence electrons. The second-order valence-electron chi connectivity index (χ2n) is 22.7. The number of fused-ring (bicyclic) bond motifs is 2. The van der Waals surface area contributed by atoms with Gasteiger partial charge in [-0.15, -0.1) is 0 Å². The molecule has 6 rings (SSSR count). The molecule has 0 aromatic rings. The number of hydrogen-bond donors (Lipinski definition) is 6. The van der Waals surface area contributed by atoms with Crippen LogP contribution in [0.4, 0.5) is 0 Å². The first-order valence-corrected chi connectivity index (χ1v) is 24.4. The van der Waals surface area contributed by atoms with Crippen LogP contribution in [0.5, 0.6) is 0 Å². The highest BCUT2D eigenvalue weighted by Gasteiger charge is 2.51. The average molecular weight is 845 g/mol. The molecular formula is C55H88O6. The Morgan fingerprint density at radius 1 is 0.574 bits per heavy atom. The van der Waals surface area contributed by atoms with Gasteiger partial charge in [0.05, 0.1) is 35.6 Å². The molecule has 0 saturated heterocycles. The SMILES string of the molecule is C=C1[C@H](O)CC(=C/C=C2\CCC[C@]3(C)[C@@H]([C@H](C)/C=C/[C@@H](C)C(C)(C)O)CC[C@@H]23)C[C@H]1O.C[C@H](/C=C/[C@H](C)C(C)(C)O)[C@H]1CC[C@H]2/C(=C/C=C3C[C@@H](O)C[C@H](O)C3)CCC[C@]12C. The quantitative estimate of drug-likeness (QED) is 0.122. The van der Waals surface area contributed by atoms with Gasteiger partial charge in [0, 0.05) is 11.8 Å². The third-order valence-electron chi connectivity index (χ3n) is 17.4. The molecule has 0 unspecified atom stereocenters. The molecule has 6 fully saturated rings. The van der Waals surface area contributed by atoms with E-state index in [1.54, 1.807) is 11.1 Å². The van der Waals surface area contributed by atoms with Crippen molar-refractivity contribution in [1.29, 1.82) is 0 Å². The summed E-state index contributed by atoms with van der Waals surface area (Å²) in [5, 5.41) is 60.7. The van der Waals surface area contributed by atoms with Crippen molar-refractivity contribution in [2.75, 3.05) is 0 Å². The van der Waals surface area contributed by atoms with Gasteiger partial charge in [-0.25, -0.2) is 0 Å². The lowest BCUT2D eigenvalue weighted by molar-refractivity contribution is 0.0431. The summed E-state index contributed by atoms with van der Waals surface area (Å²) in [5.41, 5.74) is 5.31. The number of aliphatic hydroxyl groups excluding tert-OH is 4. The van der Waals surface area contributed by atoms with Crippen LogP contribution in [-0.4, -0.2) is 66.3 Å². The average Bonchev–Trinajstić information content (AvgIpc) is 3.72. The molecule has 0 aliphatic heterocycles. The molecule has 6 N–H and O–H groups in total. The van der Waals surface area contributed by atoms with Gasteiger partial charge in [0.1, 0.15) is 0 Å². The summed E-state index contributed by atoms with van der Waals surface area (Å²) >= 11 is 0. The van der Waals surface area contributed by atoms with Gasteiger partial charge >= 0.3 is 0 Å². The van der Waals surface area contributed by atoms with Gasteiger partial charge in [0.15, 0.2) is 0 Å². The smallest absolute Gasteiger partial charge is 0.0809 e. The minimum Gasteiger partial charge on any atom is -0.393 e. The molecule has 6 aliphatic rings. The number of hydrogen-bond acceptors (Lipinski definition) is 6. The molecular weight excluding hydrogens is 757 g/mol. The molecule has 0 aromatic heterocycles. The van der Waals surface area contributed by atoms with Crippen molar-refractivity contribution in [2.24, 2.45) is 58.2 Å². The standard InChI is InChI=1S/C28H44O3.C27H44O3/c1-18(9-10-19(2)27(4,5)31)23-13-14-24-22(8-7-15-28(23,24)6)12-11-21-16-25(29)20(3)26(30)17-21;1-18(8-9-19(2)26(3,4)30)24-12-13-25-21(7-6-14-27(24,25)5)11-10-20-15-22(28)17-23(29)16-20/h9-12,18-19,23-26,29-31H,3,7-8,13-17H2,1-2,4-6H3;8-11,18-19,22-25,28-30H,6-7,12-17H2,1-5H3/b10-9+,22-12+;9-8+,21-11+/t18-,19-,23-,24+,25-,26-,28-;18-,19+,22-,23-,24-,25+,27-/m11/s1. The Kier molecular flexibility index (Phi) is 16.7. The van der Waals surface area contributed by atoms with Gasteiger partial charge < -0.3 is 30.6 Å². The molecule has 0 aromatic carbocycles. The molecule has 0 amide bonds. The number of aliphatic hydroxyl groups is 6. The van der Waals surface area contributed by atoms with E-state index in [0.29, 0.717) is 84.0 Å². The minimum absolute atomic E-state index is 0.144. The Labute approximate surface area is 371 Å². The second-order valence-corrected chi connectivity index (χ2v) is 22.7. The molecule has 14 atom stereocenters. The van der Waals surface area contributed by atoms with E-state index in [-0.39, 0.29) is 11.8 Å². The normalized spacial score (nSPS) is 38.3. The fourth-order valence-electron chi connectivity index (χ4n) is 12.7. The zero-order chi connectivity index (χ0) is 45.1. The van der Waals surface area contributed by atoms with E-state index < -0.39 is 35.6 Å². The van der Waals surface area contributed by atoms with Crippen molar-refractivity contribution >= 4 is 0 Å². The summed E-state index contributed by atoms with van der Waals surface area (Å²) in [6.45, 7) is 25.2. The highest BCUT2D eigenvalue weighted by molar-refractivity contribution is 5.30. The molecule has 61 heavy (non-hydrogen) atoms. The van der Waals surface area contributed by atoms with Crippen molar-refractivity contribution in [3.05, 3.63) is 83.1 Å². The maximum atomic E-state index is 10.3. The van der Waals surface area contributed by atoms with Crippen molar-refractivity contribution in [3.8, 4) is 0 Å². The van der Waals surface area contributed by atoms with Crippen LogP contribution < -0.4 is 0 Å². The van der Waals surface area contributed by atoms with E-state index in [4.69, 9.17) is 0 Å². The first-order chi connectivity index (χ1) is 28.4. The summed E-state index contributed by atoms with van der Waals surface area (Å²) in [6.07, 6.45) is 31.6. The highest BCUT2D eigenvalue weighted by atomic mass is 16.3. The van der Waals surface area contributed by atoms with Crippen LogP contribution >= 0.6 is 0 Å². The molecule has 0 spiro atoms. The predicted octanol–water partition coefficient (Wildman–Crippen LogP) is 11.3. The topological polar surface area (TPSA) is 121 Å². The van der Waals surface area contributed by atoms with E-state index >= 15 is 0 Å². The molecule has 6 aliphatic carbocycles. The Bertz CT molecular complexity index is 1650. The van der Waals surface area contributed by atoms with E-state index in [2.05, 4.69) is 96.7 Å². The Morgan fingerprint density at radius 3 is 1.33 bits per heavy atom. The van der Waals surface area contributed by atoms with Gasteiger partial charge in [-0.3, -0.25) is 0 Å². The minimum atomic E-state index is -0.681. The molecule has 6 saturated carbocycles. The Morgan fingerprint density at radius 2 is 0.951 bits per heavy atom. The van der Waals surface area contributed by atoms with Crippen LogP contribution in [0.15, 0.2) is 83.1 Å². The molecule has 6 nitrogen and oxygen atoms in total. The summed E-state index contributed by atoms with van der Waals surface area (Å²) in [7, 11) is 0. The lowest BCUT2D eigenvalue weighted by atomic mass is 9.61. The fraction of sp³-hybridized carbons (Fsp3) is 0.745. The van der Waals surface area contributed by atoms with Crippen LogP contribution in [-0.2, 0) is 0 Å². The van der Waals surface area contributed by atoms with E-state index in [1.165, 1.54) is 63.4 Å². The lowest BCUT2D eigenvalue weighted by Gasteiger charge is -2.44. The Balaban J connectivity index is 0.000000231. The third kappa shape index (κ3) is 12.2. The van der Waals surface area contributed by atoms with Gasteiger partial charge in [-0.1, -0.05) is 119 Å². The summed E-state index contributed by atoms with van der Waals surface area (Å²) in [5.74, 6) is 3.94. The number of allylic oxidation sites excluding steroid dienone is 8. The second kappa shape index (κ2) is 20.4. The predicted molar refractivity (Wildman–Crippen MR) is 252 cm³/mol. The van der Waals surface area contributed by atoms with Gasteiger partial charge in [0.25, 0.3) is 0 Å². The van der Waals surface area contributed by atoms with Crippen molar-refractivity contribution in [3.63, 3.8) is 0 Å². The molecule has 6 heteroatoms. The highest BCUT2D eigenvalue weighted by Crippen LogP contribution is 2.61. The van der Waals surface area contributed by atoms with E-state index in [9.17, 15) is 30.6 Å². The van der Waals surface area contributed by atoms with E-state index in [0.717, 1.165) is 12.0 Å². The number of rotatable bonds is 10. The van der Waals surface area contributed by atoms with Gasteiger partial charge in [0.2, 0.25) is 0 Å². The van der Waals surface area contributed by atoms with Crippen molar-refractivity contribution in [2.45, 2.75) is 201 Å². The van der Waals surface area contributed by atoms with Crippen LogP contribution in [0.1, 0.15) is 166 Å². The molecule has 0 heterocycles. The van der Waals surface area contributed by atoms with Crippen LogP contribution in [0, 0.1) is 58.2 Å². The van der Waals surface area contributed by atoms with Crippen LogP contribution in [0.2, 0.25) is 0 Å². The summed E-state index contributed by atoms with van der Waals surface area (Å²) < 4.78 is 0. The summed E-state index contributed by atoms with van der Waals surface area (Å²) in [6, 6.07) is 0. The molecule has 0 bridgehead atoms.